The molecule has 0 aliphatic carbocycles. The maximum Gasteiger partial charge on any atom is 0.115 e. The molecule has 124 valence electrons. The van der Waals surface area contributed by atoms with Gasteiger partial charge in [0.15, 0.2) is 0 Å². The molecule has 0 saturated heterocycles. The average molecular weight is 312 g/mol. The van der Waals surface area contributed by atoms with Crippen LogP contribution in [-0.4, -0.2) is 10.2 Å². The van der Waals surface area contributed by atoms with Crippen molar-refractivity contribution in [1.82, 2.24) is 0 Å². The van der Waals surface area contributed by atoms with Crippen LogP contribution in [0.5, 0.6) is 11.5 Å². The fraction of sp³-hybridized carbons (Fsp3) is 0.429. The van der Waals surface area contributed by atoms with Gasteiger partial charge in [-0.1, -0.05) is 51.5 Å². The third kappa shape index (κ3) is 4.75. The molecule has 0 aliphatic heterocycles. The standard InChI is InChI=1S/C21H28O2/c1-4-16(15(2)3)9-14-21(17-5-10-19(22)11-6-17)18-7-12-20(23)13-8-18/h5-8,10-13,15-16,21-23H,4,9,14H2,1-3H3. The number of hydrogen-bond acceptors (Lipinski definition) is 2. The van der Waals surface area contributed by atoms with Gasteiger partial charge in [0, 0.05) is 5.92 Å². The van der Waals surface area contributed by atoms with Crippen molar-refractivity contribution in [3.63, 3.8) is 0 Å². The van der Waals surface area contributed by atoms with Crippen LogP contribution < -0.4 is 0 Å². The van der Waals surface area contributed by atoms with E-state index in [4.69, 9.17) is 0 Å². The predicted molar refractivity (Wildman–Crippen MR) is 95.9 cm³/mol. The fourth-order valence-corrected chi connectivity index (χ4v) is 3.33. The van der Waals surface area contributed by atoms with Crippen molar-refractivity contribution in [2.24, 2.45) is 11.8 Å². The second-order valence-electron chi connectivity index (χ2n) is 6.73. The molecule has 0 amide bonds. The summed E-state index contributed by atoms with van der Waals surface area (Å²) in [5.74, 6) is 2.31. The molecule has 2 N–H and O–H groups in total. The topological polar surface area (TPSA) is 40.5 Å². The van der Waals surface area contributed by atoms with Gasteiger partial charge in [0.25, 0.3) is 0 Å². The second-order valence-corrected chi connectivity index (χ2v) is 6.73. The first-order valence-corrected chi connectivity index (χ1v) is 8.59. The normalized spacial score (nSPS) is 12.7. The summed E-state index contributed by atoms with van der Waals surface area (Å²) in [4.78, 5) is 0. The molecule has 2 aromatic rings. The van der Waals surface area contributed by atoms with E-state index in [1.807, 2.05) is 24.3 Å². The molecule has 0 aromatic heterocycles. The molecule has 0 bridgehead atoms. The third-order valence-corrected chi connectivity index (χ3v) is 4.88. The van der Waals surface area contributed by atoms with Gasteiger partial charge in [0.1, 0.15) is 11.5 Å². The summed E-state index contributed by atoms with van der Waals surface area (Å²) in [6, 6.07) is 15.0. The zero-order valence-corrected chi connectivity index (χ0v) is 14.4. The molecular weight excluding hydrogens is 284 g/mol. The maximum absolute atomic E-state index is 9.54. The highest BCUT2D eigenvalue weighted by Crippen LogP contribution is 2.34. The number of phenols is 2. The largest absolute Gasteiger partial charge is 0.508 e. The highest BCUT2D eigenvalue weighted by atomic mass is 16.3. The van der Waals surface area contributed by atoms with Crippen molar-refractivity contribution in [2.75, 3.05) is 0 Å². The Bertz CT molecular complexity index is 539. The molecule has 2 aromatic carbocycles. The number of rotatable bonds is 7. The highest BCUT2D eigenvalue weighted by molar-refractivity contribution is 5.37. The fourth-order valence-electron chi connectivity index (χ4n) is 3.33. The number of aromatic hydroxyl groups is 2. The van der Waals surface area contributed by atoms with Crippen LogP contribution in [0.3, 0.4) is 0 Å². The van der Waals surface area contributed by atoms with E-state index in [2.05, 4.69) is 20.8 Å². The SMILES string of the molecule is CCC(CCC(c1ccc(O)cc1)c1ccc(O)cc1)C(C)C. The summed E-state index contributed by atoms with van der Waals surface area (Å²) in [6.07, 6.45) is 3.46. The minimum absolute atomic E-state index is 0.295. The van der Waals surface area contributed by atoms with Crippen LogP contribution in [0.2, 0.25) is 0 Å². The lowest BCUT2D eigenvalue weighted by Crippen LogP contribution is -2.10. The van der Waals surface area contributed by atoms with Crippen LogP contribution in [0.4, 0.5) is 0 Å². The Kier molecular flexibility index (Phi) is 6.09. The van der Waals surface area contributed by atoms with E-state index in [9.17, 15) is 10.2 Å². The zero-order chi connectivity index (χ0) is 16.8. The average Bonchev–Trinajstić information content (AvgIpc) is 2.54. The number of phenolic OH excluding ortho intramolecular Hbond substituents is 2. The van der Waals surface area contributed by atoms with Crippen LogP contribution in [0.25, 0.3) is 0 Å². The van der Waals surface area contributed by atoms with E-state index in [0.717, 1.165) is 12.3 Å². The van der Waals surface area contributed by atoms with E-state index in [-0.39, 0.29) is 0 Å². The molecule has 0 heterocycles. The lowest BCUT2D eigenvalue weighted by atomic mass is 9.81. The van der Waals surface area contributed by atoms with Gasteiger partial charge in [-0.2, -0.15) is 0 Å². The summed E-state index contributed by atoms with van der Waals surface area (Å²) in [5.41, 5.74) is 2.43. The van der Waals surface area contributed by atoms with E-state index < -0.39 is 0 Å². The van der Waals surface area contributed by atoms with E-state index >= 15 is 0 Å². The lowest BCUT2D eigenvalue weighted by Gasteiger charge is -2.24. The second kappa shape index (κ2) is 8.05. The van der Waals surface area contributed by atoms with Crippen LogP contribution in [0.1, 0.15) is 57.1 Å². The van der Waals surface area contributed by atoms with Crippen molar-refractivity contribution in [2.45, 2.75) is 46.0 Å². The summed E-state index contributed by atoms with van der Waals surface area (Å²) in [7, 11) is 0. The first-order chi connectivity index (χ1) is 11.0. The zero-order valence-electron chi connectivity index (χ0n) is 14.4. The summed E-state index contributed by atoms with van der Waals surface area (Å²) in [5, 5.41) is 19.1. The predicted octanol–water partition coefficient (Wildman–Crippen LogP) is 5.69. The van der Waals surface area contributed by atoms with Gasteiger partial charge >= 0.3 is 0 Å². The Balaban J connectivity index is 2.24. The molecule has 23 heavy (non-hydrogen) atoms. The van der Waals surface area contributed by atoms with Gasteiger partial charge in [0.2, 0.25) is 0 Å². The quantitative estimate of drug-likeness (QED) is 0.689. The van der Waals surface area contributed by atoms with Gasteiger partial charge < -0.3 is 10.2 Å². The Labute approximate surface area is 139 Å². The van der Waals surface area contributed by atoms with Crippen LogP contribution in [0.15, 0.2) is 48.5 Å². The Morgan fingerprint density at radius 3 is 1.52 bits per heavy atom. The van der Waals surface area contributed by atoms with Gasteiger partial charge in [-0.15, -0.1) is 0 Å². The Morgan fingerprint density at radius 1 is 0.739 bits per heavy atom. The van der Waals surface area contributed by atoms with Gasteiger partial charge in [0.05, 0.1) is 0 Å². The minimum Gasteiger partial charge on any atom is -0.508 e. The highest BCUT2D eigenvalue weighted by Gasteiger charge is 2.18. The molecule has 2 rings (SSSR count). The first kappa shape index (κ1) is 17.4. The van der Waals surface area contributed by atoms with Crippen molar-refractivity contribution >= 4 is 0 Å². The monoisotopic (exact) mass is 312 g/mol. The Morgan fingerprint density at radius 2 is 1.17 bits per heavy atom. The molecule has 2 heteroatoms. The van der Waals surface area contributed by atoms with Gasteiger partial charge in [-0.25, -0.2) is 0 Å². The number of benzene rings is 2. The molecule has 0 spiro atoms. The van der Waals surface area contributed by atoms with Crippen LogP contribution in [-0.2, 0) is 0 Å². The summed E-state index contributed by atoms with van der Waals surface area (Å²) in [6.45, 7) is 6.86. The lowest BCUT2D eigenvalue weighted by molar-refractivity contribution is 0.335. The van der Waals surface area contributed by atoms with Gasteiger partial charge in [-0.05, 0) is 60.1 Å². The third-order valence-electron chi connectivity index (χ3n) is 4.88. The molecule has 1 unspecified atom stereocenters. The van der Waals surface area contributed by atoms with Crippen molar-refractivity contribution in [3.05, 3.63) is 59.7 Å². The smallest absolute Gasteiger partial charge is 0.115 e. The van der Waals surface area contributed by atoms with Crippen LogP contribution >= 0.6 is 0 Å². The summed E-state index contributed by atoms with van der Waals surface area (Å²) >= 11 is 0. The minimum atomic E-state index is 0.295. The van der Waals surface area contributed by atoms with E-state index in [1.165, 1.54) is 24.0 Å². The maximum atomic E-state index is 9.54. The van der Waals surface area contributed by atoms with E-state index in [1.54, 1.807) is 24.3 Å². The molecule has 0 aliphatic rings. The molecular formula is C21H28O2. The molecule has 2 nitrogen and oxygen atoms in total. The molecule has 0 radical (unpaired) electrons. The van der Waals surface area contributed by atoms with Crippen molar-refractivity contribution < 1.29 is 10.2 Å². The van der Waals surface area contributed by atoms with Gasteiger partial charge in [-0.3, -0.25) is 0 Å². The number of hydrogen-bond donors (Lipinski definition) is 2. The molecule has 0 fully saturated rings. The molecule has 1 atom stereocenters. The van der Waals surface area contributed by atoms with Crippen molar-refractivity contribution in [1.29, 1.82) is 0 Å². The van der Waals surface area contributed by atoms with Crippen LogP contribution in [0, 0.1) is 11.8 Å². The molecule has 0 saturated carbocycles. The van der Waals surface area contributed by atoms with Crippen molar-refractivity contribution in [3.8, 4) is 11.5 Å². The first-order valence-electron chi connectivity index (χ1n) is 8.59. The van der Waals surface area contributed by atoms with E-state index in [0.29, 0.717) is 23.3 Å². The summed E-state index contributed by atoms with van der Waals surface area (Å²) < 4.78 is 0. The Hall–Kier alpha value is -1.96.